The van der Waals surface area contributed by atoms with Gasteiger partial charge in [0.05, 0.1) is 19.3 Å². The molecule has 0 amide bonds. The molecule has 1 aliphatic heterocycles. The van der Waals surface area contributed by atoms with E-state index in [1.165, 1.54) is 7.11 Å². The Kier molecular flexibility index (Phi) is 4.34. The third-order valence-corrected chi connectivity index (χ3v) is 3.81. The maximum Gasteiger partial charge on any atom is 0.352 e. The van der Waals surface area contributed by atoms with Crippen LogP contribution in [0.5, 0.6) is 5.75 Å². The van der Waals surface area contributed by atoms with Gasteiger partial charge in [-0.15, -0.1) is 0 Å². The van der Waals surface area contributed by atoms with Crippen molar-refractivity contribution in [2.24, 2.45) is 0 Å². The Balaban J connectivity index is 2.37. The van der Waals surface area contributed by atoms with Crippen LogP contribution in [-0.4, -0.2) is 30.9 Å². The third kappa shape index (κ3) is 3.24. The summed E-state index contributed by atoms with van der Waals surface area (Å²) in [5.74, 6) is -0.243. The molecule has 6 nitrogen and oxygen atoms in total. The molecular formula is C14H17BrNO5+. The van der Waals surface area contributed by atoms with Crippen molar-refractivity contribution < 1.29 is 24.2 Å². The first-order chi connectivity index (χ1) is 9.82. The van der Waals surface area contributed by atoms with Crippen LogP contribution in [0.15, 0.2) is 22.7 Å². The molecule has 0 bridgehead atoms. The monoisotopic (exact) mass is 358 g/mol. The Morgan fingerprint density at radius 2 is 2.14 bits per heavy atom. The van der Waals surface area contributed by atoms with Crippen LogP contribution in [0.4, 0.5) is 5.69 Å². The Morgan fingerprint density at radius 1 is 1.43 bits per heavy atom. The largest absolute Gasteiger partial charge is 0.466 e. The average molecular weight is 359 g/mol. The van der Waals surface area contributed by atoms with E-state index in [0.29, 0.717) is 6.42 Å². The molecule has 1 aliphatic rings. The van der Waals surface area contributed by atoms with Crippen LogP contribution < -0.4 is 9.91 Å². The van der Waals surface area contributed by atoms with Gasteiger partial charge in [0.1, 0.15) is 0 Å². The summed E-state index contributed by atoms with van der Waals surface area (Å²) in [7, 11) is 1.30. The highest BCUT2D eigenvalue weighted by molar-refractivity contribution is 9.10. The van der Waals surface area contributed by atoms with Crippen molar-refractivity contribution in [2.45, 2.75) is 31.5 Å². The van der Waals surface area contributed by atoms with Crippen LogP contribution in [0.2, 0.25) is 0 Å². The fourth-order valence-corrected chi connectivity index (χ4v) is 2.77. The lowest BCUT2D eigenvalue weighted by Crippen LogP contribution is -2.56. The Labute approximate surface area is 130 Å². The molecule has 21 heavy (non-hydrogen) atoms. The summed E-state index contributed by atoms with van der Waals surface area (Å²) in [6.07, 6.45) is 0.334. The summed E-state index contributed by atoms with van der Waals surface area (Å²) in [4.78, 5) is 23.2. The predicted molar refractivity (Wildman–Crippen MR) is 78.2 cm³/mol. The number of ether oxygens (including phenoxy) is 3. The molecule has 1 N–H and O–H groups in total. The second kappa shape index (κ2) is 5.73. The molecule has 1 unspecified atom stereocenters. The first kappa shape index (κ1) is 15.9. The Morgan fingerprint density at radius 3 is 2.67 bits per heavy atom. The fraction of sp³-hybridized carbons (Fsp3) is 0.500. The molecule has 1 saturated heterocycles. The van der Waals surface area contributed by atoms with Crippen LogP contribution in [0, 0.1) is 4.91 Å². The summed E-state index contributed by atoms with van der Waals surface area (Å²) in [5.41, 5.74) is -1.52. The molecule has 2 rings (SSSR count). The number of rotatable bonds is 4. The molecule has 1 aromatic carbocycles. The molecule has 0 radical (unpaired) electrons. The number of benzene rings is 1. The van der Waals surface area contributed by atoms with Gasteiger partial charge < -0.3 is 14.2 Å². The van der Waals surface area contributed by atoms with E-state index in [9.17, 15) is 9.70 Å². The number of nitrogens with one attached hydrogen (secondary N) is 1. The van der Waals surface area contributed by atoms with Crippen molar-refractivity contribution >= 4 is 27.6 Å². The number of esters is 1. The van der Waals surface area contributed by atoms with E-state index < -0.39 is 17.2 Å². The normalized spacial score (nSPS) is 23.6. The van der Waals surface area contributed by atoms with E-state index in [0.717, 1.165) is 4.47 Å². The third-order valence-electron chi connectivity index (χ3n) is 3.32. The molecule has 1 fully saturated rings. The minimum Gasteiger partial charge on any atom is -0.466 e. The zero-order chi connectivity index (χ0) is 15.7. The van der Waals surface area contributed by atoms with Gasteiger partial charge in [-0.2, -0.15) is 0 Å². The second-order valence-corrected chi connectivity index (χ2v) is 6.47. The smallest absolute Gasteiger partial charge is 0.352 e. The van der Waals surface area contributed by atoms with E-state index in [4.69, 9.17) is 14.2 Å². The minimum atomic E-state index is -1.25. The molecule has 114 valence electrons. The number of hydrogen-bond donors (Lipinski definition) is 1. The molecule has 0 spiro atoms. The lowest BCUT2D eigenvalue weighted by Gasteiger charge is -2.26. The first-order valence-corrected chi connectivity index (χ1v) is 7.20. The molecule has 1 aromatic rings. The van der Waals surface area contributed by atoms with Crippen molar-refractivity contribution in [3.63, 3.8) is 0 Å². The van der Waals surface area contributed by atoms with Gasteiger partial charge in [0.15, 0.2) is 5.75 Å². The minimum absolute atomic E-state index is 0.0705. The van der Waals surface area contributed by atoms with E-state index in [-0.39, 0.29) is 18.0 Å². The van der Waals surface area contributed by atoms with Crippen LogP contribution in [0.3, 0.4) is 0 Å². The maximum absolute atomic E-state index is 12.2. The molecule has 0 aromatic heterocycles. The standard InChI is InChI=1S/C14H16BrNO5/c1-13(2)7-14(8-20-13,12(17)19-3)21-11-5-4-9(15)6-10(11)16-18/h4-6H,7-8H2,1-3H3/p+1. The van der Waals surface area contributed by atoms with Crippen molar-refractivity contribution in [2.75, 3.05) is 13.7 Å². The molecule has 7 heteroatoms. The summed E-state index contributed by atoms with van der Waals surface area (Å²) < 4.78 is 17.0. The fourth-order valence-electron chi connectivity index (χ4n) is 2.41. The highest BCUT2D eigenvalue weighted by Gasteiger charge is 2.53. The van der Waals surface area contributed by atoms with Gasteiger partial charge in [0.25, 0.3) is 5.69 Å². The number of methoxy groups -OCH3 is 1. The first-order valence-electron chi connectivity index (χ1n) is 6.41. The molecule has 0 aliphatic carbocycles. The topological polar surface area (TPSA) is 75.8 Å². The van der Waals surface area contributed by atoms with Crippen LogP contribution in [-0.2, 0) is 14.3 Å². The second-order valence-electron chi connectivity index (χ2n) is 5.56. The number of nitroso groups, excluding NO2 is 1. The van der Waals surface area contributed by atoms with Gasteiger partial charge >= 0.3 is 5.97 Å². The van der Waals surface area contributed by atoms with Crippen molar-refractivity contribution in [1.82, 2.24) is 0 Å². The summed E-state index contributed by atoms with van der Waals surface area (Å²) >= 11 is 3.27. The number of hydrogen-bond acceptors (Lipinski definition) is 5. The Hall–Kier alpha value is -1.47. The van der Waals surface area contributed by atoms with Gasteiger partial charge in [-0.3, -0.25) is 0 Å². The molecule has 1 atom stereocenters. The van der Waals surface area contributed by atoms with Crippen molar-refractivity contribution in [3.05, 3.63) is 27.6 Å². The van der Waals surface area contributed by atoms with Gasteiger partial charge in [-0.1, -0.05) is 15.9 Å². The quantitative estimate of drug-likeness (QED) is 0.823. The lowest BCUT2D eigenvalue weighted by atomic mass is 9.93. The van der Waals surface area contributed by atoms with E-state index in [1.807, 2.05) is 19.0 Å². The van der Waals surface area contributed by atoms with Crippen molar-refractivity contribution in [1.29, 1.82) is 0 Å². The summed E-state index contributed by atoms with van der Waals surface area (Å²) in [6.45, 7) is 3.81. The van der Waals surface area contributed by atoms with E-state index >= 15 is 0 Å². The SMILES string of the molecule is COC(=O)C1(Oc2ccc(Br)cc2[NH+]=O)COC(C)(C)C1. The predicted octanol–water partition coefficient (Wildman–Crippen LogP) is 1.42. The number of carbonyl (C=O) groups is 1. The summed E-state index contributed by atoms with van der Waals surface area (Å²) in [6, 6.07) is 4.91. The van der Waals surface area contributed by atoms with Gasteiger partial charge in [0, 0.05) is 27.0 Å². The van der Waals surface area contributed by atoms with Crippen molar-refractivity contribution in [3.8, 4) is 5.75 Å². The molecule has 1 heterocycles. The molecular weight excluding hydrogens is 342 g/mol. The highest BCUT2D eigenvalue weighted by atomic mass is 79.9. The zero-order valence-corrected chi connectivity index (χ0v) is 13.7. The Bertz CT molecular complexity index is 574. The average Bonchev–Trinajstić information content (AvgIpc) is 2.76. The van der Waals surface area contributed by atoms with E-state index in [1.54, 1.807) is 18.2 Å². The van der Waals surface area contributed by atoms with Crippen LogP contribution >= 0.6 is 15.9 Å². The van der Waals surface area contributed by atoms with Crippen LogP contribution in [0.25, 0.3) is 0 Å². The van der Waals surface area contributed by atoms with Crippen LogP contribution in [0.1, 0.15) is 20.3 Å². The van der Waals surface area contributed by atoms with Gasteiger partial charge in [-0.05, 0) is 26.0 Å². The van der Waals surface area contributed by atoms with Gasteiger partial charge in [-0.25, -0.2) is 4.79 Å². The number of carbonyl (C=O) groups excluding carboxylic acids is 1. The zero-order valence-electron chi connectivity index (χ0n) is 12.1. The molecule has 0 saturated carbocycles. The number of halogens is 1. The highest BCUT2D eigenvalue weighted by Crippen LogP contribution is 2.38. The summed E-state index contributed by atoms with van der Waals surface area (Å²) in [5, 5.41) is 1.81. The lowest BCUT2D eigenvalue weighted by molar-refractivity contribution is -0.381. The van der Waals surface area contributed by atoms with Gasteiger partial charge in [0.2, 0.25) is 5.60 Å². The van der Waals surface area contributed by atoms with E-state index in [2.05, 4.69) is 15.9 Å². The maximum atomic E-state index is 12.2.